The number of likely N-dealkylation sites (N-methyl/N-ethyl adjacent to an activating group) is 1. The second-order valence-corrected chi connectivity index (χ2v) is 5.59. The highest BCUT2D eigenvalue weighted by atomic mass is 16.5. The summed E-state index contributed by atoms with van der Waals surface area (Å²) in [4.78, 5) is 14.2. The maximum atomic E-state index is 12.1. The number of hydrogen-bond acceptors (Lipinski definition) is 4. The lowest BCUT2D eigenvalue weighted by molar-refractivity contribution is -0.131. The zero-order chi connectivity index (χ0) is 17.2. The Morgan fingerprint density at radius 3 is 2.52 bits per heavy atom. The molecule has 0 spiro atoms. The van der Waals surface area contributed by atoms with Gasteiger partial charge in [-0.25, -0.2) is 0 Å². The van der Waals surface area contributed by atoms with Crippen molar-refractivity contribution in [2.24, 2.45) is 0 Å². The number of rotatable bonds is 10. The molecule has 0 saturated heterocycles. The van der Waals surface area contributed by atoms with Crippen LogP contribution in [0.2, 0.25) is 0 Å². The number of ether oxygens (including phenoxy) is 2. The number of nitrogens with zero attached hydrogens (tertiary/aromatic N) is 1. The van der Waals surface area contributed by atoms with E-state index in [0.717, 1.165) is 17.7 Å². The van der Waals surface area contributed by atoms with E-state index >= 15 is 0 Å². The standard InChI is InChI=1S/C18H28N2O3/c1-6-7-12-23-14(2)18(21)19-13-17(20(3)4)15-8-10-16(22-5)11-9-15/h6,8-11,14,17H,1,7,12-13H2,2-5H3,(H,19,21). The van der Waals surface area contributed by atoms with Gasteiger partial charge in [-0.2, -0.15) is 0 Å². The smallest absolute Gasteiger partial charge is 0.248 e. The summed E-state index contributed by atoms with van der Waals surface area (Å²) in [5.41, 5.74) is 1.12. The molecule has 0 fully saturated rings. The van der Waals surface area contributed by atoms with Crippen LogP contribution < -0.4 is 10.1 Å². The van der Waals surface area contributed by atoms with Gasteiger partial charge in [-0.05, 0) is 45.1 Å². The normalized spacial score (nSPS) is 13.4. The van der Waals surface area contributed by atoms with Gasteiger partial charge in [0, 0.05) is 6.54 Å². The zero-order valence-corrected chi connectivity index (χ0v) is 14.5. The fourth-order valence-electron chi connectivity index (χ4n) is 2.17. The molecule has 1 aromatic rings. The Kier molecular flexibility index (Phi) is 8.37. The molecule has 2 unspecified atom stereocenters. The van der Waals surface area contributed by atoms with E-state index in [0.29, 0.717) is 13.2 Å². The molecule has 0 saturated carbocycles. The maximum Gasteiger partial charge on any atom is 0.248 e. The first-order valence-electron chi connectivity index (χ1n) is 7.80. The second-order valence-electron chi connectivity index (χ2n) is 5.59. The largest absolute Gasteiger partial charge is 0.497 e. The minimum atomic E-state index is -0.464. The van der Waals surface area contributed by atoms with Crippen molar-refractivity contribution >= 4 is 5.91 Å². The van der Waals surface area contributed by atoms with E-state index in [1.807, 2.05) is 38.4 Å². The lowest BCUT2D eigenvalue weighted by atomic mass is 10.1. The molecular weight excluding hydrogens is 292 g/mol. The summed E-state index contributed by atoms with van der Waals surface area (Å²) in [7, 11) is 5.63. The molecule has 0 bridgehead atoms. The van der Waals surface area contributed by atoms with E-state index in [4.69, 9.17) is 9.47 Å². The van der Waals surface area contributed by atoms with Crippen LogP contribution in [-0.2, 0) is 9.53 Å². The molecule has 0 aliphatic heterocycles. The molecule has 23 heavy (non-hydrogen) atoms. The van der Waals surface area contributed by atoms with Gasteiger partial charge in [0.05, 0.1) is 19.8 Å². The fraction of sp³-hybridized carbons (Fsp3) is 0.500. The Hall–Kier alpha value is -1.85. The van der Waals surface area contributed by atoms with Gasteiger partial charge >= 0.3 is 0 Å². The molecule has 2 atom stereocenters. The van der Waals surface area contributed by atoms with Crippen LogP contribution in [-0.4, -0.2) is 51.3 Å². The van der Waals surface area contributed by atoms with Gasteiger partial charge < -0.3 is 19.7 Å². The Bertz CT molecular complexity index is 486. The summed E-state index contributed by atoms with van der Waals surface area (Å²) in [5.74, 6) is 0.717. The highest BCUT2D eigenvalue weighted by Crippen LogP contribution is 2.20. The van der Waals surface area contributed by atoms with Crippen LogP contribution in [0.5, 0.6) is 5.75 Å². The van der Waals surface area contributed by atoms with Crippen molar-refractivity contribution in [3.05, 3.63) is 42.5 Å². The lowest BCUT2D eigenvalue weighted by Gasteiger charge is -2.26. The second kappa shape index (κ2) is 10.0. The SMILES string of the molecule is C=CCCOC(C)C(=O)NCC(c1ccc(OC)cc1)N(C)C. The number of nitrogens with one attached hydrogen (secondary N) is 1. The van der Waals surface area contributed by atoms with Gasteiger partial charge in [-0.15, -0.1) is 6.58 Å². The van der Waals surface area contributed by atoms with E-state index in [9.17, 15) is 4.79 Å². The maximum absolute atomic E-state index is 12.1. The molecule has 1 N–H and O–H groups in total. The third-order valence-corrected chi connectivity index (χ3v) is 3.65. The van der Waals surface area contributed by atoms with Gasteiger partial charge in [-0.1, -0.05) is 18.2 Å². The molecule has 5 nitrogen and oxygen atoms in total. The van der Waals surface area contributed by atoms with Gasteiger partial charge in [-0.3, -0.25) is 4.79 Å². The molecule has 0 aliphatic rings. The molecule has 0 aliphatic carbocycles. The van der Waals surface area contributed by atoms with Gasteiger partial charge in [0.2, 0.25) is 5.91 Å². The van der Waals surface area contributed by atoms with Crippen LogP contribution in [0.25, 0.3) is 0 Å². The van der Waals surface area contributed by atoms with E-state index in [2.05, 4.69) is 16.8 Å². The average Bonchev–Trinajstić information content (AvgIpc) is 2.55. The molecular formula is C18H28N2O3. The number of benzene rings is 1. The Balaban J connectivity index is 2.58. The number of carbonyl (C=O) groups excluding carboxylic acids is 1. The van der Waals surface area contributed by atoms with E-state index in [1.165, 1.54) is 0 Å². The first kappa shape index (κ1) is 19.2. The van der Waals surface area contributed by atoms with Crippen LogP contribution in [0.1, 0.15) is 24.9 Å². The molecule has 1 amide bonds. The van der Waals surface area contributed by atoms with Gasteiger partial charge in [0.15, 0.2) is 0 Å². The first-order valence-corrected chi connectivity index (χ1v) is 7.80. The van der Waals surface area contributed by atoms with E-state index in [1.54, 1.807) is 20.1 Å². The summed E-state index contributed by atoms with van der Waals surface area (Å²) >= 11 is 0. The minimum Gasteiger partial charge on any atom is -0.497 e. The minimum absolute atomic E-state index is 0.0882. The highest BCUT2D eigenvalue weighted by molar-refractivity contribution is 5.80. The van der Waals surface area contributed by atoms with Crippen LogP contribution >= 0.6 is 0 Å². The summed E-state index contributed by atoms with van der Waals surface area (Å²) in [5, 5.41) is 2.96. The van der Waals surface area contributed by atoms with Crippen molar-refractivity contribution in [1.29, 1.82) is 0 Å². The Morgan fingerprint density at radius 1 is 1.35 bits per heavy atom. The third-order valence-electron chi connectivity index (χ3n) is 3.65. The number of carbonyl (C=O) groups is 1. The number of methoxy groups -OCH3 is 1. The molecule has 1 rings (SSSR count). The van der Waals surface area contributed by atoms with Gasteiger partial charge in [0.1, 0.15) is 11.9 Å². The predicted octanol–water partition coefficient (Wildman–Crippen LogP) is 2.40. The van der Waals surface area contributed by atoms with E-state index < -0.39 is 6.10 Å². The Morgan fingerprint density at radius 2 is 2.00 bits per heavy atom. The summed E-state index contributed by atoms with van der Waals surface area (Å²) in [6.07, 6.45) is 2.05. The van der Waals surface area contributed by atoms with Crippen molar-refractivity contribution in [1.82, 2.24) is 10.2 Å². The lowest BCUT2D eigenvalue weighted by Crippen LogP contribution is -2.40. The predicted molar refractivity (Wildman–Crippen MR) is 92.7 cm³/mol. The average molecular weight is 320 g/mol. The van der Waals surface area contributed by atoms with Crippen molar-refractivity contribution in [2.45, 2.75) is 25.5 Å². The van der Waals surface area contributed by atoms with Crippen LogP contribution in [0, 0.1) is 0 Å². The van der Waals surface area contributed by atoms with E-state index in [-0.39, 0.29) is 11.9 Å². The van der Waals surface area contributed by atoms with Crippen molar-refractivity contribution in [3.63, 3.8) is 0 Å². The quantitative estimate of drug-likeness (QED) is 0.531. The Labute approximate surface area is 139 Å². The highest BCUT2D eigenvalue weighted by Gasteiger charge is 2.18. The fourth-order valence-corrected chi connectivity index (χ4v) is 2.17. The molecule has 5 heteroatoms. The summed E-state index contributed by atoms with van der Waals surface area (Å²) < 4.78 is 10.6. The van der Waals surface area contributed by atoms with Crippen molar-refractivity contribution in [3.8, 4) is 5.75 Å². The summed E-state index contributed by atoms with van der Waals surface area (Å²) in [6, 6.07) is 7.97. The third kappa shape index (κ3) is 6.42. The van der Waals surface area contributed by atoms with Gasteiger partial charge in [0.25, 0.3) is 0 Å². The molecule has 1 aromatic carbocycles. The zero-order valence-electron chi connectivity index (χ0n) is 14.5. The number of hydrogen-bond donors (Lipinski definition) is 1. The van der Waals surface area contributed by atoms with Crippen molar-refractivity contribution in [2.75, 3.05) is 34.4 Å². The molecule has 128 valence electrons. The van der Waals surface area contributed by atoms with Crippen LogP contribution in [0.15, 0.2) is 36.9 Å². The first-order chi connectivity index (χ1) is 11.0. The molecule has 0 aromatic heterocycles. The van der Waals surface area contributed by atoms with Crippen molar-refractivity contribution < 1.29 is 14.3 Å². The number of amides is 1. The molecule has 0 radical (unpaired) electrons. The topological polar surface area (TPSA) is 50.8 Å². The summed E-state index contributed by atoms with van der Waals surface area (Å²) in [6.45, 7) is 6.42. The molecule has 0 heterocycles. The monoisotopic (exact) mass is 320 g/mol. The van der Waals surface area contributed by atoms with Crippen LogP contribution in [0.3, 0.4) is 0 Å². The van der Waals surface area contributed by atoms with Crippen LogP contribution in [0.4, 0.5) is 0 Å².